The average Bonchev–Trinajstić information content (AvgIpc) is 3.09. The molecule has 0 bridgehead atoms. The van der Waals surface area contributed by atoms with E-state index in [-0.39, 0.29) is 42.7 Å². The Morgan fingerprint density at radius 1 is 0.596 bits per heavy atom. The highest BCUT2D eigenvalue weighted by molar-refractivity contribution is 5.72. The highest BCUT2D eigenvalue weighted by Gasteiger charge is 2.31. The molecule has 0 spiro atoms. The Hall–Kier alpha value is -4.01. The summed E-state index contributed by atoms with van der Waals surface area (Å²) in [4.78, 5) is 36.7. The van der Waals surface area contributed by atoms with Crippen LogP contribution in [0.5, 0.6) is 0 Å². The summed E-state index contributed by atoms with van der Waals surface area (Å²) >= 11 is 0. The number of ether oxygens (including phenoxy) is 3. The molecule has 290 valence electrons. The SMILES string of the molecule is CC/C=C/C=C/C=C/C=C/C=C/C=C/C=C/CCCCCC(=O)OC(COCCC(C(=O)O)[N+](C)(C)C)COC(=O)CCCC/C=C/C/C=C/CC. The normalized spacial score (nSPS) is 14.2. The zero-order chi connectivity index (χ0) is 38.5. The summed E-state index contributed by atoms with van der Waals surface area (Å²) < 4.78 is 17.1. The fourth-order valence-electron chi connectivity index (χ4n) is 4.70. The minimum atomic E-state index is -0.895. The number of allylic oxidation sites excluding steroid dienone is 18. The number of hydrogen-bond acceptors (Lipinski definition) is 6. The summed E-state index contributed by atoms with van der Waals surface area (Å²) in [6.45, 7) is 4.33. The maximum atomic E-state index is 12.6. The van der Waals surface area contributed by atoms with Crippen molar-refractivity contribution >= 4 is 17.9 Å². The quantitative estimate of drug-likeness (QED) is 0.0250. The molecule has 0 radical (unpaired) electrons. The number of carboxylic acid groups (broad SMARTS) is 1. The van der Waals surface area contributed by atoms with Crippen LogP contribution in [0.3, 0.4) is 0 Å². The van der Waals surface area contributed by atoms with Gasteiger partial charge in [0.1, 0.15) is 6.61 Å². The van der Waals surface area contributed by atoms with Gasteiger partial charge in [-0.3, -0.25) is 9.59 Å². The molecule has 1 N–H and O–H groups in total. The van der Waals surface area contributed by atoms with Gasteiger partial charge in [-0.25, -0.2) is 4.79 Å². The monoisotopic (exact) mass is 722 g/mol. The van der Waals surface area contributed by atoms with Gasteiger partial charge >= 0.3 is 17.9 Å². The molecule has 0 rings (SSSR count). The van der Waals surface area contributed by atoms with Crippen molar-refractivity contribution in [1.82, 2.24) is 0 Å². The van der Waals surface area contributed by atoms with Gasteiger partial charge in [0.25, 0.3) is 0 Å². The van der Waals surface area contributed by atoms with E-state index in [9.17, 15) is 19.5 Å². The van der Waals surface area contributed by atoms with Crippen LogP contribution in [-0.2, 0) is 28.6 Å². The van der Waals surface area contributed by atoms with Crippen LogP contribution >= 0.6 is 0 Å². The van der Waals surface area contributed by atoms with Crippen LogP contribution in [0.15, 0.2) is 109 Å². The lowest BCUT2D eigenvalue weighted by Gasteiger charge is -2.31. The van der Waals surface area contributed by atoms with Crippen molar-refractivity contribution in [2.45, 2.75) is 109 Å². The van der Waals surface area contributed by atoms with Gasteiger partial charge in [-0.15, -0.1) is 0 Å². The number of aliphatic carboxylic acids is 1. The molecule has 0 saturated carbocycles. The molecule has 2 unspecified atom stereocenters. The number of nitrogens with zero attached hydrogens (tertiary/aromatic N) is 1. The van der Waals surface area contributed by atoms with Gasteiger partial charge in [0, 0.05) is 19.3 Å². The average molecular weight is 723 g/mol. The van der Waals surface area contributed by atoms with Crippen LogP contribution in [0.1, 0.15) is 97.3 Å². The van der Waals surface area contributed by atoms with Crippen LogP contribution in [0, 0.1) is 0 Å². The van der Waals surface area contributed by atoms with Crippen molar-refractivity contribution in [2.24, 2.45) is 0 Å². The molecular formula is C44H68NO7+. The van der Waals surface area contributed by atoms with E-state index in [0.29, 0.717) is 25.7 Å². The molecule has 0 aliphatic carbocycles. The van der Waals surface area contributed by atoms with Crippen molar-refractivity contribution in [1.29, 1.82) is 0 Å². The topological polar surface area (TPSA) is 99.1 Å². The van der Waals surface area contributed by atoms with Gasteiger partial charge in [-0.1, -0.05) is 130 Å². The third-order valence-electron chi connectivity index (χ3n) is 7.61. The Morgan fingerprint density at radius 3 is 1.71 bits per heavy atom. The van der Waals surface area contributed by atoms with Gasteiger partial charge in [0.05, 0.1) is 34.4 Å². The van der Waals surface area contributed by atoms with Gasteiger partial charge in [-0.2, -0.15) is 0 Å². The van der Waals surface area contributed by atoms with Crippen molar-refractivity contribution < 1.29 is 38.2 Å². The van der Waals surface area contributed by atoms with Crippen LogP contribution in [0.2, 0.25) is 0 Å². The van der Waals surface area contributed by atoms with Crippen LogP contribution in [0.25, 0.3) is 0 Å². The van der Waals surface area contributed by atoms with Gasteiger partial charge in [0.2, 0.25) is 0 Å². The van der Waals surface area contributed by atoms with E-state index in [1.54, 1.807) is 0 Å². The molecule has 0 aliphatic rings. The molecule has 2 atom stereocenters. The molecular weight excluding hydrogens is 654 g/mol. The molecule has 0 heterocycles. The molecule has 52 heavy (non-hydrogen) atoms. The first kappa shape index (κ1) is 48.0. The first-order valence-corrected chi connectivity index (χ1v) is 19.0. The molecule has 0 aromatic rings. The third-order valence-corrected chi connectivity index (χ3v) is 7.61. The summed E-state index contributed by atoms with van der Waals surface area (Å²) in [6.07, 6.45) is 45.7. The standard InChI is InChI=1S/C44H67NO7/c1-6-8-10-12-14-16-17-18-19-20-21-22-23-24-25-27-29-31-33-35-43(47)52-40(38-50-37-36-41(44(48)49)45(3,4)5)39-51-42(46)34-32-30-28-26-15-13-11-9-7-2/h8-12,14-26,40-41H,6-7,13,27-39H2,1-5H3/p+1/b10-8+,11-9+,14-12+,17-16+,19-18+,21-20+,23-22+,25-24+,26-15+. The lowest BCUT2D eigenvalue weighted by molar-refractivity contribution is -0.887. The Kier molecular flexibility index (Phi) is 31.5. The Labute approximate surface area is 315 Å². The number of rotatable bonds is 31. The molecule has 0 fully saturated rings. The van der Waals surface area contributed by atoms with Crippen molar-refractivity contribution in [3.63, 3.8) is 0 Å². The number of carbonyl (C=O) groups excluding carboxylic acids is 2. The minimum absolute atomic E-state index is 0.0232. The van der Waals surface area contributed by atoms with Crippen LogP contribution in [-0.4, -0.2) is 80.6 Å². The fourth-order valence-corrected chi connectivity index (χ4v) is 4.70. The number of carboxylic acids is 1. The minimum Gasteiger partial charge on any atom is -0.477 e. The third kappa shape index (κ3) is 31.9. The maximum absolute atomic E-state index is 12.6. The second-order valence-corrected chi connectivity index (χ2v) is 13.2. The maximum Gasteiger partial charge on any atom is 0.362 e. The van der Waals surface area contributed by atoms with E-state index in [4.69, 9.17) is 14.2 Å². The molecule has 0 aliphatic heterocycles. The highest BCUT2D eigenvalue weighted by Crippen LogP contribution is 2.11. The van der Waals surface area contributed by atoms with Gasteiger partial charge in [0.15, 0.2) is 12.1 Å². The van der Waals surface area contributed by atoms with Gasteiger partial charge < -0.3 is 23.8 Å². The van der Waals surface area contributed by atoms with Gasteiger partial charge in [-0.05, 0) is 57.8 Å². The Bertz CT molecular complexity index is 1210. The van der Waals surface area contributed by atoms with E-state index in [2.05, 4.69) is 50.3 Å². The zero-order valence-corrected chi connectivity index (χ0v) is 32.7. The first-order valence-electron chi connectivity index (χ1n) is 19.0. The largest absolute Gasteiger partial charge is 0.477 e. The highest BCUT2D eigenvalue weighted by atomic mass is 16.6. The lowest BCUT2D eigenvalue weighted by Crippen LogP contribution is -2.50. The fraction of sp³-hybridized carbons (Fsp3) is 0.523. The number of esters is 2. The molecule has 0 amide bonds. The zero-order valence-electron chi connectivity index (χ0n) is 32.7. The molecule has 8 nitrogen and oxygen atoms in total. The predicted molar refractivity (Wildman–Crippen MR) is 215 cm³/mol. The number of carbonyl (C=O) groups is 3. The van der Waals surface area contributed by atoms with E-state index >= 15 is 0 Å². The predicted octanol–water partition coefficient (Wildman–Crippen LogP) is 9.73. The summed E-state index contributed by atoms with van der Waals surface area (Å²) in [7, 11) is 5.47. The Balaban J connectivity index is 4.58. The van der Waals surface area contributed by atoms with Crippen molar-refractivity contribution in [2.75, 3.05) is 41.0 Å². The van der Waals surface area contributed by atoms with E-state index in [1.807, 2.05) is 94.1 Å². The second kappa shape index (κ2) is 34.1. The van der Waals surface area contributed by atoms with E-state index in [0.717, 1.165) is 51.4 Å². The summed E-state index contributed by atoms with van der Waals surface area (Å²) in [5.41, 5.74) is 0. The number of hydrogen-bond donors (Lipinski definition) is 1. The Morgan fingerprint density at radius 2 is 1.12 bits per heavy atom. The number of quaternary nitrogens is 1. The number of likely N-dealkylation sites (N-methyl/N-ethyl adjacent to an activating group) is 1. The van der Waals surface area contributed by atoms with E-state index in [1.165, 1.54) is 0 Å². The summed E-state index contributed by atoms with van der Waals surface area (Å²) in [5.74, 6) is -1.60. The van der Waals surface area contributed by atoms with Crippen molar-refractivity contribution in [3.05, 3.63) is 109 Å². The smallest absolute Gasteiger partial charge is 0.362 e. The molecule has 0 aromatic heterocycles. The lowest BCUT2D eigenvalue weighted by atomic mass is 10.1. The molecule has 8 heteroatoms. The second-order valence-electron chi connectivity index (χ2n) is 13.2. The molecule has 0 aromatic carbocycles. The van der Waals surface area contributed by atoms with E-state index < -0.39 is 18.1 Å². The van der Waals surface area contributed by atoms with Crippen LogP contribution < -0.4 is 0 Å². The van der Waals surface area contributed by atoms with Crippen molar-refractivity contribution in [3.8, 4) is 0 Å². The first-order chi connectivity index (χ1) is 25.1. The summed E-state index contributed by atoms with van der Waals surface area (Å²) in [6, 6.07) is -0.634. The van der Waals surface area contributed by atoms with Crippen LogP contribution in [0.4, 0.5) is 0 Å². The summed E-state index contributed by atoms with van der Waals surface area (Å²) in [5, 5.41) is 9.58. The molecule has 0 saturated heterocycles. The number of unbranched alkanes of at least 4 members (excludes halogenated alkanes) is 5.